The summed E-state index contributed by atoms with van der Waals surface area (Å²) in [5.74, 6) is 0.529. The lowest BCUT2D eigenvalue weighted by Crippen LogP contribution is -1.99. The van der Waals surface area contributed by atoms with E-state index in [0.29, 0.717) is 11.5 Å². The van der Waals surface area contributed by atoms with Gasteiger partial charge in [0, 0.05) is 0 Å². The minimum Gasteiger partial charge on any atom is -0.192 e. The van der Waals surface area contributed by atoms with Crippen molar-refractivity contribution in [2.75, 3.05) is 0 Å². The van der Waals surface area contributed by atoms with E-state index < -0.39 is 0 Å². The number of rotatable bonds is 7. The molecule has 4 rings (SSSR count). The molecular formula is C30H27N. The van der Waals surface area contributed by atoms with Crippen molar-refractivity contribution in [2.45, 2.75) is 32.1 Å². The highest BCUT2D eigenvalue weighted by Gasteiger charge is 2.06. The largest absolute Gasteiger partial charge is 0.192 e. The third kappa shape index (κ3) is 5.50. The second-order valence-corrected chi connectivity index (χ2v) is 8.22. The standard InChI is InChI=1S/C30H27N/c1-23(28-5-3-2-4-6-28)21-26-11-9-24(10-12-26)7-8-25-13-17-29(18-14-25)30-19-15-27(22-31)16-20-30/h2-6,9-20,23H,7-8,21H2,1H3/t23-/m0/s1. The maximum absolute atomic E-state index is 8.94. The number of aryl methyl sites for hydroxylation is 2. The van der Waals surface area contributed by atoms with Gasteiger partial charge in [-0.2, -0.15) is 5.26 Å². The van der Waals surface area contributed by atoms with Crippen molar-refractivity contribution in [1.82, 2.24) is 0 Å². The zero-order chi connectivity index (χ0) is 21.5. The molecule has 4 aromatic carbocycles. The summed E-state index contributed by atoms with van der Waals surface area (Å²) in [7, 11) is 0. The normalized spacial score (nSPS) is 11.6. The third-order valence-electron chi connectivity index (χ3n) is 5.94. The quantitative estimate of drug-likeness (QED) is 0.317. The van der Waals surface area contributed by atoms with E-state index in [2.05, 4.69) is 91.9 Å². The van der Waals surface area contributed by atoms with Gasteiger partial charge in [-0.05, 0) is 70.7 Å². The third-order valence-corrected chi connectivity index (χ3v) is 5.94. The van der Waals surface area contributed by atoms with Gasteiger partial charge in [0.1, 0.15) is 0 Å². The maximum Gasteiger partial charge on any atom is 0.0991 e. The van der Waals surface area contributed by atoms with Gasteiger partial charge in [-0.1, -0.05) is 97.9 Å². The predicted molar refractivity (Wildman–Crippen MR) is 129 cm³/mol. The highest BCUT2D eigenvalue weighted by molar-refractivity contribution is 5.64. The van der Waals surface area contributed by atoms with Crippen LogP contribution in [0.25, 0.3) is 11.1 Å². The molecule has 0 aliphatic heterocycles. The summed E-state index contributed by atoms with van der Waals surface area (Å²) < 4.78 is 0. The van der Waals surface area contributed by atoms with E-state index in [0.717, 1.165) is 24.8 Å². The molecule has 1 nitrogen and oxygen atoms in total. The number of hydrogen-bond acceptors (Lipinski definition) is 1. The molecule has 1 heteroatoms. The number of hydrogen-bond donors (Lipinski definition) is 0. The zero-order valence-corrected chi connectivity index (χ0v) is 18.0. The Morgan fingerprint density at radius 2 is 1.10 bits per heavy atom. The van der Waals surface area contributed by atoms with Crippen molar-refractivity contribution in [3.63, 3.8) is 0 Å². The SMILES string of the molecule is C[C@@H](Cc1ccc(CCc2ccc(-c3ccc(C#N)cc3)cc2)cc1)c1ccccc1. The fraction of sp³-hybridized carbons (Fsp3) is 0.167. The van der Waals surface area contributed by atoms with Crippen molar-refractivity contribution in [2.24, 2.45) is 0 Å². The summed E-state index contributed by atoms with van der Waals surface area (Å²) >= 11 is 0. The Morgan fingerprint density at radius 3 is 1.65 bits per heavy atom. The van der Waals surface area contributed by atoms with Gasteiger partial charge in [-0.15, -0.1) is 0 Å². The first kappa shape index (κ1) is 20.6. The first-order valence-corrected chi connectivity index (χ1v) is 10.9. The van der Waals surface area contributed by atoms with Crippen LogP contribution in [0, 0.1) is 11.3 Å². The molecule has 0 N–H and O–H groups in total. The van der Waals surface area contributed by atoms with Crippen LogP contribution in [0.2, 0.25) is 0 Å². The van der Waals surface area contributed by atoms with E-state index in [1.165, 1.54) is 27.8 Å². The van der Waals surface area contributed by atoms with Crippen LogP contribution < -0.4 is 0 Å². The van der Waals surface area contributed by atoms with Crippen molar-refractivity contribution in [1.29, 1.82) is 5.26 Å². The van der Waals surface area contributed by atoms with Gasteiger partial charge in [0.05, 0.1) is 11.6 Å². The molecule has 0 spiro atoms. The van der Waals surface area contributed by atoms with Gasteiger partial charge in [-0.25, -0.2) is 0 Å². The molecule has 0 saturated carbocycles. The van der Waals surface area contributed by atoms with Crippen LogP contribution in [-0.2, 0) is 19.3 Å². The lowest BCUT2D eigenvalue weighted by atomic mass is 9.93. The Hall–Kier alpha value is -3.63. The lowest BCUT2D eigenvalue weighted by Gasteiger charge is -2.12. The van der Waals surface area contributed by atoms with Crippen LogP contribution in [0.5, 0.6) is 0 Å². The molecule has 0 fully saturated rings. The van der Waals surface area contributed by atoms with Crippen molar-refractivity contribution in [3.05, 3.63) is 131 Å². The summed E-state index contributed by atoms with van der Waals surface area (Å²) in [6.45, 7) is 2.30. The van der Waals surface area contributed by atoms with Crippen molar-refractivity contribution >= 4 is 0 Å². The molecule has 0 saturated heterocycles. The number of nitriles is 1. The topological polar surface area (TPSA) is 23.8 Å². The molecule has 0 unspecified atom stereocenters. The Balaban J connectivity index is 1.32. The highest BCUT2D eigenvalue weighted by atomic mass is 14.2. The molecule has 0 aliphatic rings. The van der Waals surface area contributed by atoms with Crippen LogP contribution in [0.15, 0.2) is 103 Å². The summed E-state index contributed by atoms with van der Waals surface area (Å²) in [4.78, 5) is 0. The van der Waals surface area contributed by atoms with Crippen molar-refractivity contribution < 1.29 is 0 Å². The van der Waals surface area contributed by atoms with E-state index in [1.54, 1.807) is 0 Å². The second-order valence-electron chi connectivity index (χ2n) is 8.22. The van der Waals surface area contributed by atoms with E-state index in [4.69, 9.17) is 5.26 Å². The molecule has 0 heterocycles. The van der Waals surface area contributed by atoms with Crippen LogP contribution >= 0.6 is 0 Å². The molecular weight excluding hydrogens is 374 g/mol. The van der Waals surface area contributed by atoms with Crippen molar-refractivity contribution in [3.8, 4) is 17.2 Å². The molecule has 0 bridgehead atoms. The molecule has 31 heavy (non-hydrogen) atoms. The maximum atomic E-state index is 8.94. The van der Waals surface area contributed by atoms with Crippen LogP contribution in [0.4, 0.5) is 0 Å². The monoisotopic (exact) mass is 401 g/mol. The molecule has 0 amide bonds. The Bertz CT molecular complexity index is 1130. The van der Waals surface area contributed by atoms with E-state index in [1.807, 2.05) is 24.3 Å². The van der Waals surface area contributed by atoms with Gasteiger partial charge in [-0.3, -0.25) is 0 Å². The minimum atomic E-state index is 0.529. The van der Waals surface area contributed by atoms with Gasteiger partial charge >= 0.3 is 0 Å². The summed E-state index contributed by atoms with van der Waals surface area (Å²) in [5.41, 5.74) is 8.55. The van der Waals surface area contributed by atoms with Crippen LogP contribution in [0.3, 0.4) is 0 Å². The van der Waals surface area contributed by atoms with Crippen LogP contribution in [-0.4, -0.2) is 0 Å². The lowest BCUT2D eigenvalue weighted by molar-refractivity contribution is 0.758. The zero-order valence-electron chi connectivity index (χ0n) is 18.0. The highest BCUT2D eigenvalue weighted by Crippen LogP contribution is 2.22. The Labute approximate surface area is 185 Å². The second kappa shape index (κ2) is 9.92. The van der Waals surface area contributed by atoms with Gasteiger partial charge < -0.3 is 0 Å². The average molecular weight is 402 g/mol. The van der Waals surface area contributed by atoms with Gasteiger partial charge in [0.25, 0.3) is 0 Å². The first-order valence-electron chi connectivity index (χ1n) is 10.9. The van der Waals surface area contributed by atoms with Crippen LogP contribution in [0.1, 0.15) is 40.7 Å². The van der Waals surface area contributed by atoms with E-state index in [-0.39, 0.29) is 0 Å². The van der Waals surface area contributed by atoms with E-state index in [9.17, 15) is 0 Å². The molecule has 0 aromatic heterocycles. The number of nitrogens with zero attached hydrogens (tertiary/aromatic N) is 1. The average Bonchev–Trinajstić information content (AvgIpc) is 2.84. The fourth-order valence-corrected chi connectivity index (χ4v) is 3.98. The smallest absolute Gasteiger partial charge is 0.0991 e. The molecule has 0 radical (unpaired) electrons. The Morgan fingerprint density at radius 1 is 0.613 bits per heavy atom. The minimum absolute atomic E-state index is 0.529. The van der Waals surface area contributed by atoms with E-state index >= 15 is 0 Å². The summed E-state index contributed by atoms with van der Waals surface area (Å²) in [5, 5.41) is 8.94. The number of benzene rings is 4. The van der Waals surface area contributed by atoms with Gasteiger partial charge in [0.2, 0.25) is 0 Å². The Kier molecular flexibility index (Phi) is 6.60. The summed E-state index contributed by atoms with van der Waals surface area (Å²) in [6, 6.07) is 38.5. The summed E-state index contributed by atoms with van der Waals surface area (Å²) in [6.07, 6.45) is 3.15. The molecule has 4 aromatic rings. The predicted octanol–water partition coefficient (Wildman–Crippen LogP) is 7.36. The fourth-order valence-electron chi connectivity index (χ4n) is 3.98. The molecule has 0 aliphatic carbocycles. The molecule has 152 valence electrons. The molecule has 1 atom stereocenters. The van der Waals surface area contributed by atoms with Gasteiger partial charge in [0.15, 0.2) is 0 Å². The first-order chi connectivity index (χ1) is 15.2.